The molecule has 1 amide bonds. The third kappa shape index (κ3) is 4.38. The summed E-state index contributed by atoms with van der Waals surface area (Å²) < 4.78 is 0.473. The number of nitrogens with one attached hydrogen (secondary N) is 1. The fourth-order valence-electron chi connectivity index (χ4n) is 2.54. The van der Waals surface area contributed by atoms with E-state index in [9.17, 15) is 9.59 Å². The molecule has 1 heterocycles. The van der Waals surface area contributed by atoms with E-state index < -0.39 is 11.9 Å². The molecule has 3 rings (SSSR count). The molecule has 25 heavy (non-hydrogen) atoms. The zero-order valence-electron chi connectivity index (χ0n) is 13.8. The van der Waals surface area contributed by atoms with Crippen LogP contribution < -0.4 is 5.32 Å². The number of carboxylic acid groups (broad SMARTS) is 1. The maximum Gasteiger partial charge on any atom is 0.310 e. The monoisotopic (exact) mass is 373 g/mol. The third-order valence-electron chi connectivity index (χ3n) is 4.11. The highest BCUT2D eigenvalue weighted by Gasteiger charge is 2.18. The molecule has 1 aliphatic heterocycles. The van der Waals surface area contributed by atoms with Gasteiger partial charge < -0.3 is 10.4 Å². The van der Waals surface area contributed by atoms with Gasteiger partial charge in [-0.3, -0.25) is 9.59 Å². The molecule has 1 aliphatic rings. The van der Waals surface area contributed by atoms with Gasteiger partial charge in [0, 0.05) is 22.8 Å². The van der Waals surface area contributed by atoms with Gasteiger partial charge in [0.15, 0.2) is 0 Å². The van der Waals surface area contributed by atoms with Crippen molar-refractivity contribution in [2.75, 3.05) is 16.8 Å². The summed E-state index contributed by atoms with van der Waals surface area (Å²) in [6.45, 7) is 1.64. The lowest BCUT2D eigenvalue weighted by atomic mass is 10.0. The third-order valence-corrected chi connectivity index (χ3v) is 7.21. The first-order valence-electron chi connectivity index (χ1n) is 8.02. The fourth-order valence-corrected chi connectivity index (χ4v) is 5.40. The van der Waals surface area contributed by atoms with Gasteiger partial charge in [0.25, 0.3) is 5.91 Å². The molecule has 4 nitrogen and oxygen atoms in total. The molecule has 130 valence electrons. The summed E-state index contributed by atoms with van der Waals surface area (Å²) in [5.74, 6) is 0.749. The Morgan fingerprint density at radius 3 is 2.20 bits per heavy atom. The van der Waals surface area contributed by atoms with Crippen LogP contribution in [-0.2, 0) is 4.79 Å². The number of benzene rings is 2. The summed E-state index contributed by atoms with van der Waals surface area (Å²) >= 11 is 3.88. The number of carboxylic acids is 1. The van der Waals surface area contributed by atoms with Crippen LogP contribution in [0.25, 0.3) is 0 Å². The van der Waals surface area contributed by atoms with Crippen LogP contribution >= 0.6 is 23.5 Å². The van der Waals surface area contributed by atoms with E-state index in [4.69, 9.17) is 5.11 Å². The van der Waals surface area contributed by atoms with Crippen LogP contribution in [-0.4, -0.2) is 28.5 Å². The number of amides is 1. The Bertz CT molecular complexity index is 753. The second-order valence-corrected chi connectivity index (χ2v) is 8.56. The van der Waals surface area contributed by atoms with Crippen LogP contribution in [0.3, 0.4) is 0 Å². The number of carbonyl (C=O) groups is 2. The highest BCUT2D eigenvalue weighted by molar-refractivity contribution is 8.19. The summed E-state index contributed by atoms with van der Waals surface area (Å²) in [7, 11) is 0. The summed E-state index contributed by atoms with van der Waals surface area (Å²) in [5.41, 5.74) is 3.22. The highest BCUT2D eigenvalue weighted by Crippen LogP contribution is 2.45. The normalized spacial score (nSPS) is 15.7. The van der Waals surface area contributed by atoms with Crippen LogP contribution in [0.2, 0.25) is 0 Å². The van der Waals surface area contributed by atoms with Gasteiger partial charge in [-0.1, -0.05) is 24.3 Å². The van der Waals surface area contributed by atoms with Crippen LogP contribution in [0.1, 0.15) is 38.9 Å². The fraction of sp³-hybridized carbons (Fsp3) is 0.263. The first kappa shape index (κ1) is 17.9. The van der Waals surface area contributed by atoms with Crippen molar-refractivity contribution in [1.29, 1.82) is 0 Å². The SMILES string of the molecule is CC(C(=O)O)c1ccc(NC(=O)c2ccc(C3SCCS3)cc2)cc1. The molecule has 1 atom stereocenters. The van der Waals surface area contributed by atoms with E-state index in [1.54, 1.807) is 31.2 Å². The molecule has 6 heteroatoms. The molecule has 2 aromatic carbocycles. The molecule has 0 bridgehead atoms. The van der Waals surface area contributed by atoms with E-state index >= 15 is 0 Å². The molecule has 2 aromatic rings. The van der Waals surface area contributed by atoms with Crippen molar-refractivity contribution in [2.24, 2.45) is 0 Å². The van der Waals surface area contributed by atoms with Gasteiger partial charge >= 0.3 is 5.97 Å². The van der Waals surface area contributed by atoms with Crippen LogP contribution in [0.15, 0.2) is 48.5 Å². The lowest BCUT2D eigenvalue weighted by Crippen LogP contribution is -2.12. The molecule has 0 aromatic heterocycles. The number of anilines is 1. The molecule has 0 spiro atoms. The molecule has 0 aliphatic carbocycles. The molecule has 1 saturated heterocycles. The van der Waals surface area contributed by atoms with Gasteiger partial charge in [0.1, 0.15) is 0 Å². The summed E-state index contributed by atoms with van der Waals surface area (Å²) in [5, 5.41) is 11.9. The second kappa shape index (κ2) is 7.97. The van der Waals surface area contributed by atoms with E-state index in [0.29, 0.717) is 21.4 Å². The second-order valence-electron chi connectivity index (χ2n) is 5.83. The summed E-state index contributed by atoms with van der Waals surface area (Å²) in [6.07, 6.45) is 0. The molecule has 1 fully saturated rings. The van der Waals surface area contributed by atoms with E-state index in [1.165, 1.54) is 17.1 Å². The van der Waals surface area contributed by atoms with Gasteiger partial charge in [0.05, 0.1) is 10.5 Å². The van der Waals surface area contributed by atoms with Crippen LogP contribution in [0.5, 0.6) is 0 Å². The topological polar surface area (TPSA) is 66.4 Å². The van der Waals surface area contributed by atoms with Crippen molar-refractivity contribution in [3.8, 4) is 0 Å². The Kier molecular flexibility index (Phi) is 5.71. The number of hydrogen-bond acceptors (Lipinski definition) is 4. The number of aliphatic carboxylic acids is 1. The average molecular weight is 373 g/mol. The quantitative estimate of drug-likeness (QED) is 0.801. The molecular formula is C19H19NO3S2. The van der Waals surface area contributed by atoms with Gasteiger partial charge in [0.2, 0.25) is 0 Å². The molecule has 1 unspecified atom stereocenters. The zero-order chi connectivity index (χ0) is 17.8. The van der Waals surface area contributed by atoms with Crippen molar-refractivity contribution >= 4 is 41.1 Å². The molecule has 2 N–H and O–H groups in total. The summed E-state index contributed by atoms with van der Waals surface area (Å²) in [6, 6.07) is 14.7. The minimum absolute atomic E-state index is 0.169. The molecule has 0 radical (unpaired) electrons. The number of thioether (sulfide) groups is 2. The zero-order valence-corrected chi connectivity index (χ0v) is 15.4. The Hall–Kier alpha value is -1.92. The van der Waals surface area contributed by atoms with E-state index in [1.807, 2.05) is 47.8 Å². The minimum atomic E-state index is -0.865. The van der Waals surface area contributed by atoms with Crippen LogP contribution in [0, 0.1) is 0 Å². The van der Waals surface area contributed by atoms with Crippen molar-refractivity contribution in [2.45, 2.75) is 17.4 Å². The van der Waals surface area contributed by atoms with Crippen molar-refractivity contribution in [1.82, 2.24) is 0 Å². The van der Waals surface area contributed by atoms with Gasteiger partial charge in [-0.2, -0.15) is 0 Å². The Morgan fingerprint density at radius 1 is 1.04 bits per heavy atom. The van der Waals surface area contributed by atoms with Crippen molar-refractivity contribution in [3.05, 3.63) is 65.2 Å². The minimum Gasteiger partial charge on any atom is -0.481 e. The number of carbonyl (C=O) groups excluding carboxylic acids is 1. The maximum absolute atomic E-state index is 12.4. The van der Waals surface area contributed by atoms with Gasteiger partial charge in [-0.05, 0) is 42.3 Å². The summed E-state index contributed by atoms with van der Waals surface area (Å²) in [4.78, 5) is 23.4. The van der Waals surface area contributed by atoms with Crippen LogP contribution in [0.4, 0.5) is 5.69 Å². The average Bonchev–Trinajstić information content (AvgIpc) is 3.16. The largest absolute Gasteiger partial charge is 0.481 e. The predicted octanol–water partition coefficient (Wildman–Crippen LogP) is 4.61. The van der Waals surface area contributed by atoms with E-state index in [-0.39, 0.29) is 5.91 Å². The number of hydrogen-bond donors (Lipinski definition) is 2. The Labute approximate surface area is 155 Å². The maximum atomic E-state index is 12.4. The van der Waals surface area contributed by atoms with Gasteiger partial charge in [-0.25, -0.2) is 0 Å². The highest BCUT2D eigenvalue weighted by atomic mass is 32.2. The molecule has 0 saturated carbocycles. The first-order valence-corrected chi connectivity index (χ1v) is 10.1. The number of rotatable bonds is 5. The first-order chi connectivity index (χ1) is 12.0. The lowest BCUT2D eigenvalue weighted by molar-refractivity contribution is -0.138. The van der Waals surface area contributed by atoms with E-state index in [0.717, 1.165) is 0 Å². The predicted molar refractivity (Wildman–Crippen MR) is 105 cm³/mol. The Balaban J connectivity index is 1.64. The van der Waals surface area contributed by atoms with E-state index in [2.05, 4.69) is 5.32 Å². The smallest absolute Gasteiger partial charge is 0.310 e. The van der Waals surface area contributed by atoms with Gasteiger partial charge in [-0.15, -0.1) is 23.5 Å². The van der Waals surface area contributed by atoms with Crippen molar-refractivity contribution < 1.29 is 14.7 Å². The standard InChI is InChI=1S/C19H19NO3S2/c1-12(18(22)23)13-6-8-16(9-7-13)20-17(21)14-2-4-15(5-3-14)19-24-10-11-25-19/h2-9,12,19H,10-11H2,1H3,(H,20,21)(H,22,23). The lowest BCUT2D eigenvalue weighted by Gasteiger charge is -2.11. The Morgan fingerprint density at radius 2 is 1.64 bits per heavy atom. The van der Waals surface area contributed by atoms with Crippen molar-refractivity contribution in [3.63, 3.8) is 0 Å². The molecular weight excluding hydrogens is 354 g/mol.